The Morgan fingerprint density at radius 2 is 1.63 bits per heavy atom. The summed E-state index contributed by atoms with van der Waals surface area (Å²) in [4.78, 5) is 46.9. The van der Waals surface area contributed by atoms with E-state index in [0.29, 0.717) is 25.1 Å². The third-order valence-electron chi connectivity index (χ3n) is 3.92. The van der Waals surface area contributed by atoms with E-state index < -0.39 is 23.9 Å². The summed E-state index contributed by atoms with van der Waals surface area (Å²) < 4.78 is 14.7. The molecular formula is C21H30N2O7. The van der Waals surface area contributed by atoms with Crippen molar-refractivity contribution in [3.05, 3.63) is 29.8 Å². The van der Waals surface area contributed by atoms with Crippen molar-refractivity contribution in [2.24, 2.45) is 0 Å². The second-order valence-electron chi connectivity index (χ2n) is 6.32. The molecule has 2 N–H and O–H groups in total. The number of nitrogens with one attached hydrogen (secondary N) is 2. The van der Waals surface area contributed by atoms with Crippen LogP contribution in [0.3, 0.4) is 0 Å². The highest BCUT2D eigenvalue weighted by Gasteiger charge is 2.24. The zero-order chi connectivity index (χ0) is 22.4. The van der Waals surface area contributed by atoms with Crippen LogP contribution in [0.15, 0.2) is 24.3 Å². The van der Waals surface area contributed by atoms with E-state index in [4.69, 9.17) is 14.2 Å². The largest absolute Gasteiger partial charge is 0.466 e. The van der Waals surface area contributed by atoms with Crippen LogP contribution >= 0.6 is 0 Å². The second-order valence-corrected chi connectivity index (χ2v) is 6.32. The second kappa shape index (κ2) is 14.0. The van der Waals surface area contributed by atoms with Gasteiger partial charge in [-0.25, -0.2) is 4.79 Å². The van der Waals surface area contributed by atoms with Crippen LogP contribution in [0.25, 0.3) is 0 Å². The minimum absolute atomic E-state index is 0.00615. The van der Waals surface area contributed by atoms with Crippen molar-refractivity contribution in [2.75, 3.05) is 31.7 Å². The Balaban J connectivity index is 2.59. The molecule has 9 nitrogen and oxygen atoms in total. The van der Waals surface area contributed by atoms with Gasteiger partial charge in [0.15, 0.2) is 0 Å². The van der Waals surface area contributed by atoms with Gasteiger partial charge in [-0.15, -0.1) is 0 Å². The van der Waals surface area contributed by atoms with E-state index in [0.717, 1.165) is 5.69 Å². The van der Waals surface area contributed by atoms with Crippen LogP contribution in [0.2, 0.25) is 0 Å². The fraction of sp³-hybridized carbons (Fsp3) is 0.524. The number of hydrogen-bond acceptors (Lipinski definition) is 8. The highest BCUT2D eigenvalue weighted by molar-refractivity contribution is 5.97. The van der Waals surface area contributed by atoms with Gasteiger partial charge in [0.2, 0.25) is 0 Å². The number of esters is 3. The predicted octanol–water partition coefficient (Wildman–Crippen LogP) is 2.06. The van der Waals surface area contributed by atoms with E-state index >= 15 is 0 Å². The molecule has 1 aromatic carbocycles. The molecule has 0 radical (unpaired) electrons. The van der Waals surface area contributed by atoms with Gasteiger partial charge in [-0.05, 0) is 51.0 Å². The maximum Gasteiger partial charge on any atom is 0.328 e. The molecular weight excluding hydrogens is 392 g/mol. The third-order valence-corrected chi connectivity index (χ3v) is 3.92. The van der Waals surface area contributed by atoms with Crippen molar-refractivity contribution < 1.29 is 33.4 Å². The lowest BCUT2D eigenvalue weighted by Crippen LogP contribution is -2.42. The molecule has 0 bridgehead atoms. The van der Waals surface area contributed by atoms with E-state index in [1.54, 1.807) is 38.1 Å². The van der Waals surface area contributed by atoms with Crippen molar-refractivity contribution in [2.45, 2.75) is 46.1 Å². The molecule has 1 unspecified atom stereocenters. The molecule has 1 amide bonds. The number of carbonyl (C=O) groups is 4. The summed E-state index contributed by atoms with van der Waals surface area (Å²) >= 11 is 0. The first-order chi connectivity index (χ1) is 14.4. The standard InChI is InChI=1S/C21H30N2O7/c1-4-28-19(25)12-11-18(21(27)29-5-2)23-20(26)16-7-9-17(10-8-16)22-13-6-14-30-15(3)24/h7-10,18,22H,4-6,11-14H2,1-3H3,(H,23,26). The average Bonchev–Trinajstić information content (AvgIpc) is 2.71. The zero-order valence-corrected chi connectivity index (χ0v) is 17.7. The summed E-state index contributed by atoms with van der Waals surface area (Å²) in [5, 5.41) is 5.77. The van der Waals surface area contributed by atoms with Crippen molar-refractivity contribution in [1.29, 1.82) is 0 Å². The molecule has 9 heteroatoms. The quantitative estimate of drug-likeness (QED) is 0.282. The normalized spacial score (nSPS) is 11.2. The van der Waals surface area contributed by atoms with E-state index in [9.17, 15) is 19.2 Å². The van der Waals surface area contributed by atoms with E-state index in [2.05, 4.69) is 10.6 Å². The van der Waals surface area contributed by atoms with Gasteiger partial charge in [-0.2, -0.15) is 0 Å². The maximum atomic E-state index is 12.5. The minimum Gasteiger partial charge on any atom is -0.466 e. The molecule has 0 heterocycles. The molecule has 30 heavy (non-hydrogen) atoms. The number of anilines is 1. The van der Waals surface area contributed by atoms with Crippen LogP contribution in [0.4, 0.5) is 5.69 Å². The third kappa shape index (κ3) is 9.90. The summed E-state index contributed by atoms with van der Waals surface area (Å²) in [7, 11) is 0. The van der Waals surface area contributed by atoms with Crippen LogP contribution < -0.4 is 10.6 Å². The molecule has 0 saturated heterocycles. The van der Waals surface area contributed by atoms with Gasteiger partial charge in [-0.1, -0.05) is 0 Å². The molecule has 0 aromatic heterocycles. The SMILES string of the molecule is CCOC(=O)CCC(NC(=O)c1ccc(NCCCOC(C)=O)cc1)C(=O)OCC. The number of rotatable bonds is 13. The van der Waals surface area contributed by atoms with Gasteiger partial charge in [0, 0.05) is 31.1 Å². The van der Waals surface area contributed by atoms with Crippen LogP contribution in [-0.4, -0.2) is 56.2 Å². The van der Waals surface area contributed by atoms with Crippen LogP contribution in [0.1, 0.15) is 50.4 Å². The highest BCUT2D eigenvalue weighted by Crippen LogP contribution is 2.11. The maximum absolute atomic E-state index is 12.5. The monoisotopic (exact) mass is 422 g/mol. The summed E-state index contributed by atoms with van der Waals surface area (Å²) in [6, 6.07) is 5.77. The number of hydrogen-bond donors (Lipinski definition) is 2. The zero-order valence-electron chi connectivity index (χ0n) is 17.7. The number of ether oxygens (including phenoxy) is 3. The minimum atomic E-state index is -0.944. The fourth-order valence-corrected chi connectivity index (χ4v) is 2.49. The van der Waals surface area contributed by atoms with Crippen molar-refractivity contribution in [3.63, 3.8) is 0 Å². The summed E-state index contributed by atoms with van der Waals surface area (Å²) in [6.07, 6.45) is 0.739. The number of carbonyl (C=O) groups excluding carboxylic acids is 4. The van der Waals surface area contributed by atoms with Gasteiger partial charge in [0.05, 0.1) is 19.8 Å². The smallest absolute Gasteiger partial charge is 0.328 e. The van der Waals surface area contributed by atoms with Gasteiger partial charge >= 0.3 is 17.9 Å². The molecule has 0 fully saturated rings. The van der Waals surface area contributed by atoms with E-state index in [1.165, 1.54) is 6.92 Å². The van der Waals surface area contributed by atoms with Crippen molar-refractivity contribution >= 4 is 29.5 Å². The first-order valence-electron chi connectivity index (χ1n) is 9.97. The molecule has 0 aliphatic carbocycles. The van der Waals surface area contributed by atoms with Crippen LogP contribution in [-0.2, 0) is 28.6 Å². The van der Waals surface area contributed by atoms with Crippen LogP contribution in [0.5, 0.6) is 0 Å². The molecule has 1 aromatic rings. The lowest BCUT2D eigenvalue weighted by Gasteiger charge is -2.17. The fourth-order valence-electron chi connectivity index (χ4n) is 2.49. The first kappa shape index (κ1) is 24.9. The Bertz CT molecular complexity index is 704. The Hall–Kier alpha value is -3.10. The predicted molar refractivity (Wildman–Crippen MR) is 110 cm³/mol. The van der Waals surface area contributed by atoms with Crippen LogP contribution in [0, 0.1) is 0 Å². The molecule has 0 aliphatic rings. The molecule has 1 rings (SSSR count). The Morgan fingerprint density at radius 3 is 2.23 bits per heavy atom. The highest BCUT2D eigenvalue weighted by atomic mass is 16.5. The number of benzene rings is 1. The first-order valence-corrected chi connectivity index (χ1v) is 9.97. The lowest BCUT2D eigenvalue weighted by atomic mass is 10.1. The topological polar surface area (TPSA) is 120 Å². The van der Waals surface area contributed by atoms with Gasteiger partial charge in [0.1, 0.15) is 6.04 Å². The summed E-state index contributed by atoms with van der Waals surface area (Å²) in [6.45, 7) is 6.09. The lowest BCUT2D eigenvalue weighted by molar-refractivity contribution is -0.147. The van der Waals surface area contributed by atoms with Crippen molar-refractivity contribution in [3.8, 4) is 0 Å². The van der Waals surface area contributed by atoms with E-state index in [1.807, 2.05) is 0 Å². The Kier molecular flexibility index (Phi) is 11.6. The molecule has 1 atom stereocenters. The van der Waals surface area contributed by atoms with Gasteiger partial charge < -0.3 is 24.8 Å². The summed E-state index contributed by atoms with van der Waals surface area (Å²) in [5.74, 6) is -1.79. The Labute approximate surface area is 176 Å². The molecule has 166 valence electrons. The Morgan fingerprint density at radius 1 is 0.967 bits per heavy atom. The average molecular weight is 422 g/mol. The van der Waals surface area contributed by atoms with Gasteiger partial charge in [-0.3, -0.25) is 14.4 Å². The summed E-state index contributed by atoms with van der Waals surface area (Å²) in [5.41, 5.74) is 1.17. The van der Waals surface area contributed by atoms with Gasteiger partial charge in [0.25, 0.3) is 5.91 Å². The number of amides is 1. The van der Waals surface area contributed by atoms with Crippen molar-refractivity contribution in [1.82, 2.24) is 5.32 Å². The molecule has 0 spiro atoms. The molecule has 0 saturated carbocycles. The van der Waals surface area contributed by atoms with E-state index in [-0.39, 0.29) is 32.0 Å². The molecule has 0 aliphatic heterocycles.